The highest BCUT2D eigenvalue weighted by atomic mass is 32.2. The standard InChI is InChI=1S/C14H23N3O3S/c1-4-15-14-9-12(5-7-16-14)21(18,19)17-8-6-11(2)13(10-17)20-3/h5,7,9,11,13H,4,6,8,10H2,1-3H3,(H,15,16). The minimum Gasteiger partial charge on any atom is -0.380 e. The second-order valence-electron chi connectivity index (χ2n) is 5.31. The first kappa shape index (κ1) is 16.2. The fourth-order valence-corrected chi connectivity index (χ4v) is 4.01. The maximum Gasteiger partial charge on any atom is 0.243 e. The van der Waals surface area contributed by atoms with Gasteiger partial charge in [0.15, 0.2) is 0 Å². The Morgan fingerprint density at radius 2 is 2.29 bits per heavy atom. The second-order valence-corrected chi connectivity index (χ2v) is 7.25. The van der Waals surface area contributed by atoms with Crippen LogP contribution < -0.4 is 5.32 Å². The topological polar surface area (TPSA) is 71.5 Å². The Morgan fingerprint density at radius 3 is 2.95 bits per heavy atom. The Hall–Kier alpha value is -1.18. The van der Waals surface area contributed by atoms with Crippen molar-refractivity contribution in [3.63, 3.8) is 0 Å². The summed E-state index contributed by atoms with van der Waals surface area (Å²) in [6.07, 6.45) is 2.28. The minimum absolute atomic E-state index is 0.0522. The molecule has 1 aliphatic rings. The molecule has 0 radical (unpaired) electrons. The van der Waals surface area contributed by atoms with Gasteiger partial charge in [-0.05, 0) is 25.3 Å². The zero-order chi connectivity index (χ0) is 15.5. The van der Waals surface area contributed by atoms with Crippen LogP contribution in [0.4, 0.5) is 5.82 Å². The zero-order valence-corrected chi connectivity index (χ0v) is 13.6. The number of sulfonamides is 1. The van der Waals surface area contributed by atoms with E-state index in [4.69, 9.17) is 4.74 Å². The SMILES string of the molecule is CCNc1cc(S(=O)(=O)N2CCC(C)C(OC)C2)ccn1. The van der Waals surface area contributed by atoms with Gasteiger partial charge in [0, 0.05) is 39.0 Å². The van der Waals surface area contributed by atoms with E-state index in [1.807, 2.05) is 6.92 Å². The third kappa shape index (κ3) is 3.53. The maximum absolute atomic E-state index is 12.7. The lowest BCUT2D eigenvalue weighted by molar-refractivity contribution is 0.0184. The monoisotopic (exact) mass is 313 g/mol. The van der Waals surface area contributed by atoms with Crippen LogP contribution in [-0.4, -0.2) is 50.6 Å². The summed E-state index contributed by atoms with van der Waals surface area (Å²) < 4.78 is 32.4. The molecule has 1 aromatic heterocycles. The molecule has 2 rings (SSSR count). The molecular weight excluding hydrogens is 290 g/mol. The zero-order valence-electron chi connectivity index (χ0n) is 12.7. The molecule has 2 unspecified atom stereocenters. The maximum atomic E-state index is 12.7. The summed E-state index contributed by atoms with van der Waals surface area (Å²) in [5.74, 6) is 0.948. The van der Waals surface area contributed by atoms with Gasteiger partial charge in [0.2, 0.25) is 10.0 Å². The van der Waals surface area contributed by atoms with Crippen LogP contribution in [0, 0.1) is 5.92 Å². The van der Waals surface area contributed by atoms with Crippen molar-refractivity contribution in [1.82, 2.24) is 9.29 Å². The average Bonchev–Trinajstić information content (AvgIpc) is 2.48. The van der Waals surface area contributed by atoms with Crippen molar-refractivity contribution in [2.45, 2.75) is 31.3 Å². The molecule has 0 aromatic carbocycles. The van der Waals surface area contributed by atoms with E-state index in [1.165, 1.54) is 16.6 Å². The lowest BCUT2D eigenvalue weighted by Crippen LogP contribution is -2.46. The van der Waals surface area contributed by atoms with Crippen molar-refractivity contribution < 1.29 is 13.2 Å². The van der Waals surface area contributed by atoms with Crippen LogP contribution in [-0.2, 0) is 14.8 Å². The fourth-order valence-electron chi connectivity index (χ4n) is 2.53. The lowest BCUT2D eigenvalue weighted by atomic mass is 9.97. The quantitative estimate of drug-likeness (QED) is 0.893. The van der Waals surface area contributed by atoms with Crippen LogP contribution in [0.3, 0.4) is 0 Å². The van der Waals surface area contributed by atoms with E-state index in [1.54, 1.807) is 13.2 Å². The van der Waals surface area contributed by atoms with Gasteiger partial charge in [-0.25, -0.2) is 13.4 Å². The van der Waals surface area contributed by atoms with Gasteiger partial charge in [0.25, 0.3) is 0 Å². The van der Waals surface area contributed by atoms with Gasteiger partial charge >= 0.3 is 0 Å². The lowest BCUT2D eigenvalue weighted by Gasteiger charge is -2.35. The highest BCUT2D eigenvalue weighted by molar-refractivity contribution is 7.89. The Labute approximate surface area is 126 Å². The number of hydrogen-bond donors (Lipinski definition) is 1. The summed E-state index contributed by atoms with van der Waals surface area (Å²) in [5, 5.41) is 3.03. The summed E-state index contributed by atoms with van der Waals surface area (Å²) in [7, 11) is -1.86. The average molecular weight is 313 g/mol. The highest BCUT2D eigenvalue weighted by Gasteiger charge is 2.33. The molecule has 118 valence electrons. The summed E-state index contributed by atoms with van der Waals surface area (Å²) in [4.78, 5) is 4.39. The second kappa shape index (κ2) is 6.72. The summed E-state index contributed by atoms with van der Waals surface area (Å²) in [6, 6.07) is 3.12. The van der Waals surface area contributed by atoms with Gasteiger partial charge in [-0.3, -0.25) is 0 Å². The smallest absolute Gasteiger partial charge is 0.243 e. The van der Waals surface area contributed by atoms with E-state index in [-0.39, 0.29) is 11.0 Å². The van der Waals surface area contributed by atoms with Crippen molar-refractivity contribution in [3.8, 4) is 0 Å². The van der Waals surface area contributed by atoms with Crippen LogP contribution >= 0.6 is 0 Å². The van der Waals surface area contributed by atoms with E-state index in [9.17, 15) is 8.42 Å². The molecule has 0 amide bonds. The van der Waals surface area contributed by atoms with Gasteiger partial charge in [-0.1, -0.05) is 6.92 Å². The number of methoxy groups -OCH3 is 1. The van der Waals surface area contributed by atoms with Crippen LogP contribution in [0.25, 0.3) is 0 Å². The van der Waals surface area contributed by atoms with E-state index >= 15 is 0 Å². The van der Waals surface area contributed by atoms with Gasteiger partial charge in [0.05, 0.1) is 11.0 Å². The molecule has 0 bridgehead atoms. The highest BCUT2D eigenvalue weighted by Crippen LogP contribution is 2.25. The predicted molar refractivity (Wildman–Crippen MR) is 81.7 cm³/mol. The Balaban J connectivity index is 2.23. The molecular formula is C14H23N3O3S. The molecule has 21 heavy (non-hydrogen) atoms. The van der Waals surface area contributed by atoms with Crippen molar-refractivity contribution >= 4 is 15.8 Å². The number of anilines is 1. The predicted octanol–water partition coefficient (Wildman–Crippen LogP) is 1.56. The molecule has 1 N–H and O–H groups in total. The summed E-state index contributed by atoms with van der Waals surface area (Å²) in [5.41, 5.74) is 0. The van der Waals surface area contributed by atoms with Crippen molar-refractivity contribution in [1.29, 1.82) is 0 Å². The third-order valence-electron chi connectivity index (χ3n) is 3.88. The van der Waals surface area contributed by atoms with Gasteiger partial charge in [-0.2, -0.15) is 4.31 Å². The molecule has 2 heterocycles. The molecule has 2 atom stereocenters. The van der Waals surface area contributed by atoms with Crippen LogP contribution in [0.5, 0.6) is 0 Å². The molecule has 0 spiro atoms. The number of aromatic nitrogens is 1. The van der Waals surface area contributed by atoms with E-state index in [2.05, 4.69) is 17.2 Å². The van der Waals surface area contributed by atoms with Crippen molar-refractivity contribution in [3.05, 3.63) is 18.3 Å². The van der Waals surface area contributed by atoms with Crippen LogP contribution in [0.2, 0.25) is 0 Å². The Kier molecular flexibility index (Phi) is 5.18. The van der Waals surface area contributed by atoms with Crippen LogP contribution in [0.1, 0.15) is 20.3 Å². The normalized spacial score (nSPS) is 24.0. The summed E-state index contributed by atoms with van der Waals surface area (Å²) >= 11 is 0. The molecule has 0 saturated carbocycles. The first-order chi connectivity index (χ1) is 9.98. The van der Waals surface area contributed by atoms with Gasteiger partial charge in [-0.15, -0.1) is 0 Å². The Morgan fingerprint density at radius 1 is 1.52 bits per heavy atom. The number of nitrogens with zero attached hydrogens (tertiary/aromatic N) is 2. The molecule has 6 nitrogen and oxygen atoms in total. The van der Waals surface area contributed by atoms with Crippen LogP contribution in [0.15, 0.2) is 23.2 Å². The third-order valence-corrected chi connectivity index (χ3v) is 5.74. The number of nitrogens with one attached hydrogen (secondary N) is 1. The number of ether oxygens (including phenoxy) is 1. The first-order valence-corrected chi connectivity index (χ1v) is 8.66. The fraction of sp³-hybridized carbons (Fsp3) is 0.643. The molecule has 1 saturated heterocycles. The molecule has 1 aromatic rings. The minimum atomic E-state index is -3.50. The Bertz CT molecular complexity index is 577. The van der Waals surface area contributed by atoms with Gasteiger partial charge < -0.3 is 10.1 Å². The van der Waals surface area contributed by atoms with Gasteiger partial charge in [0.1, 0.15) is 5.82 Å². The first-order valence-electron chi connectivity index (χ1n) is 7.22. The summed E-state index contributed by atoms with van der Waals surface area (Å²) in [6.45, 7) is 5.66. The van der Waals surface area contributed by atoms with E-state index in [0.29, 0.717) is 31.4 Å². The number of pyridine rings is 1. The molecule has 0 aliphatic carbocycles. The number of rotatable bonds is 5. The van der Waals surface area contributed by atoms with Crippen molar-refractivity contribution in [2.75, 3.05) is 32.1 Å². The number of piperidine rings is 1. The molecule has 7 heteroatoms. The largest absolute Gasteiger partial charge is 0.380 e. The van der Waals surface area contributed by atoms with Crippen molar-refractivity contribution in [2.24, 2.45) is 5.92 Å². The molecule has 1 fully saturated rings. The number of hydrogen-bond acceptors (Lipinski definition) is 5. The van der Waals surface area contributed by atoms with E-state index < -0.39 is 10.0 Å². The molecule has 1 aliphatic heterocycles. The van der Waals surface area contributed by atoms with E-state index in [0.717, 1.165) is 6.42 Å².